The highest BCUT2D eigenvalue weighted by atomic mass is 35.5. The van der Waals surface area contributed by atoms with Gasteiger partial charge in [0.15, 0.2) is 0 Å². The van der Waals surface area contributed by atoms with Crippen LogP contribution >= 0.6 is 23.2 Å². The molecule has 112 valence electrons. The predicted octanol–water partition coefficient (Wildman–Crippen LogP) is 3.62. The number of hydrogen-bond donors (Lipinski definition) is 1. The first kappa shape index (κ1) is 15.8. The summed E-state index contributed by atoms with van der Waals surface area (Å²) >= 11 is 12.2. The first-order valence-electron chi connectivity index (χ1n) is 6.61. The summed E-state index contributed by atoms with van der Waals surface area (Å²) in [6.45, 7) is 4.34. The molecule has 0 radical (unpaired) electrons. The lowest BCUT2D eigenvalue weighted by atomic mass is 10.3. The first-order chi connectivity index (χ1) is 10.1. The van der Waals surface area contributed by atoms with Gasteiger partial charge in [-0.3, -0.25) is 0 Å². The monoisotopic (exact) mass is 326 g/mol. The Morgan fingerprint density at radius 1 is 1.29 bits per heavy atom. The molecule has 7 heteroatoms. The highest BCUT2D eigenvalue weighted by Gasteiger charge is 2.11. The van der Waals surface area contributed by atoms with E-state index in [9.17, 15) is 0 Å². The van der Waals surface area contributed by atoms with Gasteiger partial charge in [0.1, 0.15) is 28.8 Å². The number of nitrogens with zero attached hydrogens (tertiary/aromatic N) is 3. The van der Waals surface area contributed by atoms with Gasteiger partial charge in [0.2, 0.25) is 5.88 Å². The maximum Gasteiger partial charge on any atom is 0.232 e. The SMILES string of the molecule is CCc1ncnc(N[C@@H](C)COc2ncccc2Cl)c1Cl. The topological polar surface area (TPSA) is 59.9 Å². The second kappa shape index (κ2) is 7.43. The smallest absolute Gasteiger partial charge is 0.232 e. The Morgan fingerprint density at radius 2 is 2.10 bits per heavy atom. The lowest BCUT2D eigenvalue weighted by Gasteiger charge is -2.16. The van der Waals surface area contributed by atoms with Gasteiger partial charge in [0.05, 0.1) is 11.7 Å². The van der Waals surface area contributed by atoms with Gasteiger partial charge in [-0.15, -0.1) is 0 Å². The van der Waals surface area contributed by atoms with E-state index in [-0.39, 0.29) is 6.04 Å². The molecule has 2 heterocycles. The number of ether oxygens (including phenoxy) is 1. The number of aryl methyl sites for hydroxylation is 1. The van der Waals surface area contributed by atoms with Crippen LogP contribution in [0, 0.1) is 0 Å². The lowest BCUT2D eigenvalue weighted by molar-refractivity contribution is 0.292. The highest BCUT2D eigenvalue weighted by Crippen LogP contribution is 2.23. The molecule has 0 saturated heterocycles. The summed E-state index contributed by atoms with van der Waals surface area (Å²) in [6.07, 6.45) is 3.88. The van der Waals surface area contributed by atoms with Gasteiger partial charge in [-0.05, 0) is 25.5 Å². The van der Waals surface area contributed by atoms with E-state index in [1.807, 2.05) is 13.8 Å². The Morgan fingerprint density at radius 3 is 2.81 bits per heavy atom. The second-order valence-corrected chi connectivity index (χ2v) is 5.27. The molecule has 0 bridgehead atoms. The minimum Gasteiger partial charge on any atom is -0.474 e. The molecule has 5 nitrogen and oxygen atoms in total. The van der Waals surface area contributed by atoms with Crippen molar-refractivity contribution in [3.63, 3.8) is 0 Å². The summed E-state index contributed by atoms with van der Waals surface area (Å²) in [7, 11) is 0. The number of pyridine rings is 1. The summed E-state index contributed by atoms with van der Waals surface area (Å²) in [6, 6.07) is 3.47. The third-order valence-electron chi connectivity index (χ3n) is 2.77. The summed E-state index contributed by atoms with van der Waals surface area (Å²) < 4.78 is 5.58. The van der Waals surface area contributed by atoms with Crippen LogP contribution in [0.3, 0.4) is 0 Å². The van der Waals surface area contributed by atoms with Crippen molar-refractivity contribution in [1.29, 1.82) is 0 Å². The van der Waals surface area contributed by atoms with E-state index in [2.05, 4.69) is 20.3 Å². The van der Waals surface area contributed by atoms with Gasteiger partial charge in [-0.2, -0.15) is 0 Å². The molecular formula is C14H16Cl2N4O. The Bertz CT molecular complexity index is 609. The van der Waals surface area contributed by atoms with E-state index in [4.69, 9.17) is 27.9 Å². The predicted molar refractivity (Wildman–Crippen MR) is 84.2 cm³/mol. The van der Waals surface area contributed by atoms with Crippen LogP contribution in [-0.2, 0) is 6.42 Å². The van der Waals surface area contributed by atoms with Crippen molar-refractivity contribution < 1.29 is 4.74 Å². The zero-order chi connectivity index (χ0) is 15.2. The van der Waals surface area contributed by atoms with Crippen molar-refractivity contribution in [2.75, 3.05) is 11.9 Å². The van der Waals surface area contributed by atoms with Crippen molar-refractivity contribution in [1.82, 2.24) is 15.0 Å². The summed E-state index contributed by atoms with van der Waals surface area (Å²) in [4.78, 5) is 12.3. The molecule has 0 spiro atoms. The number of aromatic nitrogens is 3. The van der Waals surface area contributed by atoms with Gasteiger partial charge in [0.25, 0.3) is 0 Å². The fourth-order valence-electron chi connectivity index (χ4n) is 1.71. The average molecular weight is 327 g/mol. The fourth-order valence-corrected chi connectivity index (χ4v) is 2.17. The average Bonchev–Trinajstić information content (AvgIpc) is 2.48. The molecule has 2 aromatic rings. The molecule has 0 unspecified atom stereocenters. The molecule has 0 amide bonds. The quantitative estimate of drug-likeness (QED) is 0.878. The van der Waals surface area contributed by atoms with Crippen molar-refractivity contribution >= 4 is 29.0 Å². The van der Waals surface area contributed by atoms with E-state index in [1.165, 1.54) is 6.33 Å². The maximum absolute atomic E-state index is 6.23. The second-order valence-electron chi connectivity index (χ2n) is 4.48. The molecule has 0 fully saturated rings. The zero-order valence-corrected chi connectivity index (χ0v) is 13.3. The van der Waals surface area contributed by atoms with Gasteiger partial charge >= 0.3 is 0 Å². The number of hydrogen-bond acceptors (Lipinski definition) is 5. The molecule has 1 atom stereocenters. The van der Waals surface area contributed by atoms with Gasteiger partial charge in [-0.25, -0.2) is 15.0 Å². The standard InChI is InChI=1S/C14H16Cl2N4O/c1-3-11-12(16)13(19-8-18-11)20-9(2)7-21-14-10(15)5-4-6-17-14/h4-6,8-9H,3,7H2,1-2H3,(H,18,19,20)/t9-/m0/s1. The van der Waals surface area contributed by atoms with Crippen molar-refractivity contribution in [2.24, 2.45) is 0 Å². The maximum atomic E-state index is 6.23. The van der Waals surface area contributed by atoms with E-state index < -0.39 is 0 Å². The first-order valence-corrected chi connectivity index (χ1v) is 7.36. The zero-order valence-electron chi connectivity index (χ0n) is 11.8. The van der Waals surface area contributed by atoms with Crippen molar-refractivity contribution in [2.45, 2.75) is 26.3 Å². The molecule has 0 aliphatic carbocycles. The van der Waals surface area contributed by atoms with Crippen molar-refractivity contribution in [3.05, 3.63) is 40.4 Å². The molecule has 0 aliphatic rings. The van der Waals surface area contributed by atoms with E-state index in [1.54, 1.807) is 18.3 Å². The Kier molecular flexibility index (Phi) is 5.59. The third-order valence-corrected chi connectivity index (χ3v) is 3.46. The van der Waals surface area contributed by atoms with Gasteiger partial charge < -0.3 is 10.1 Å². The number of halogens is 2. The molecule has 2 rings (SSSR count). The Labute approximate surface area is 133 Å². The van der Waals surface area contributed by atoms with Crippen LogP contribution in [-0.4, -0.2) is 27.6 Å². The molecule has 2 aromatic heterocycles. The van der Waals surface area contributed by atoms with Crippen LogP contribution in [0.15, 0.2) is 24.7 Å². The van der Waals surface area contributed by atoms with Gasteiger partial charge in [0, 0.05) is 6.20 Å². The van der Waals surface area contributed by atoms with Crippen LogP contribution in [0.25, 0.3) is 0 Å². The van der Waals surface area contributed by atoms with E-state index >= 15 is 0 Å². The van der Waals surface area contributed by atoms with E-state index in [0.717, 1.165) is 12.1 Å². The molecule has 0 aliphatic heterocycles. The van der Waals surface area contributed by atoms with E-state index in [0.29, 0.717) is 28.3 Å². The molecule has 0 saturated carbocycles. The van der Waals surface area contributed by atoms with Gasteiger partial charge in [-0.1, -0.05) is 30.1 Å². The Balaban J connectivity index is 1.96. The number of anilines is 1. The van der Waals surface area contributed by atoms with Crippen LogP contribution in [0.5, 0.6) is 5.88 Å². The Hall–Kier alpha value is -1.59. The third kappa shape index (κ3) is 4.19. The molecule has 0 aromatic carbocycles. The van der Waals surface area contributed by atoms with Crippen LogP contribution in [0.4, 0.5) is 5.82 Å². The highest BCUT2D eigenvalue weighted by molar-refractivity contribution is 6.33. The molecular weight excluding hydrogens is 311 g/mol. The fraction of sp³-hybridized carbons (Fsp3) is 0.357. The van der Waals surface area contributed by atoms with Crippen LogP contribution < -0.4 is 10.1 Å². The minimum absolute atomic E-state index is 0.0137. The summed E-state index contributed by atoms with van der Waals surface area (Å²) in [5, 5.41) is 4.22. The molecule has 1 N–H and O–H groups in total. The van der Waals surface area contributed by atoms with Crippen LogP contribution in [0.1, 0.15) is 19.5 Å². The van der Waals surface area contributed by atoms with Crippen LogP contribution in [0.2, 0.25) is 10.0 Å². The largest absolute Gasteiger partial charge is 0.474 e. The number of nitrogens with one attached hydrogen (secondary N) is 1. The number of rotatable bonds is 6. The molecule has 21 heavy (non-hydrogen) atoms. The summed E-state index contributed by atoms with van der Waals surface area (Å²) in [5.74, 6) is 1.02. The minimum atomic E-state index is -0.0137. The van der Waals surface area contributed by atoms with Crippen molar-refractivity contribution in [3.8, 4) is 5.88 Å². The summed E-state index contributed by atoms with van der Waals surface area (Å²) in [5.41, 5.74) is 0.815. The normalized spacial score (nSPS) is 12.0. The lowest BCUT2D eigenvalue weighted by Crippen LogP contribution is -2.24.